The Bertz CT molecular complexity index is 480. The van der Waals surface area contributed by atoms with Crippen molar-refractivity contribution in [2.75, 3.05) is 0 Å². The quantitative estimate of drug-likeness (QED) is 0.660. The van der Waals surface area contributed by atoms with Crippen LogP contribution in [0.2, 0.25) is 0 Å². The highest BCUT2D eigenvalue weighted by Crippen LogP contribution is 2.09. The Morgan fingerprint density at radius 2 is 2.00 bits per heavy atom. The second kappa shape index (κ2) is 3.26. The Balaban J connectivity index is 2.63. The lowest BCUT2D eigenvalue weighted by molar-refractivity contribution is 0.724. The zero-order chi connectivity index (χ0) is 9.97. The summed E-state index contributed by atoms with van der Waals surface area (Å²) >= 11 is 0. The molecule has 5 heteroatoms. The monoisotopic (exact) mass is 185 g/mol. The summed E-state index contributed by atoms with van der Waals surface area (Å²) < 4.78 is 0. The molecule has 0 atom stereocenters. The highest BCUT2D eigenvalue weighted by molar-refractivity contribution is 5.42. The Morgan fingerprint density at radius 3 is 2.64 bits per heavy atom. The molecule has 68 valence electrons. The van der Waals surface area contributed by atoms with Crippen molar-refractivity contribution >= 4 is 0 Å². The van der Waals surface area contributed by atoms with Crippen LogP contribution in [0.25, 0.3) is 5.82 Å². The average molecular weight is 185 g/mol. The molecule has 14 heavy (non-hydrogen) atoms. The molecular weight excluding hydrogens is 178 g/mol. The first-order valence-electron chi connectivity index (χ1n) is 4.05. The van der Waals surface area contributed by atoms with E-state index in [1.165, 1.54) is 4.80 Å². The molecule has 2 rings (SSSR count). The van der Waals surface area contributed by atoms with Gasteiger partial charge in [-0.15, -0.1) is 4.80 Å². The maximum Gasteiger partial charge on any atom is 0.192 e. The number of aryl methyl sites for hydroxylation is 1. The molecule has 2 heterocycles. The molecule has 0 aromatic carbocycles. The molecule has 0 N–H and O–H groups in total. The summed E-state index contributed by atoms with van der Waals surface area (Å²) in [6.07, 6.45) is 3.09. The Hall–Kier alpha value is -2.22. The van der Waals surface area contributed by atoms with Crippen LogP contribution in [0.3, 0.4) is 0 Å². The number of rotatable bonds is 1. The van der Waals surface area contributed by atoms with Crippen molar-refractivity contribution in [3.63, 3.8) is 0 Å². The van der Waals surface area contributed by atoms with Crippen LogP contribution < -0.4 is 0 Å². The van der Waals surface area contributed by atoms with Gasteiger partial charge in [-0.25, -0.2) is 4.98 Å². The summed E-state index contributed by atoms with van der Waals surface area (Å²) in [6.45, 7) is 1.86. The summed E-state index contributed by atoms with van der Waals surface area (Å²) in [7, 11) is 0. The van der Waals surface area contributed by atoms with Crippen LogP contribution in [0, 0.1) is 18.3 Å². The molecular formula is C9H7N5. The van der Waals surface area contributed by atoms with Gasteiger partial charge in [0.1, 0.15) is 6.07 Å². The fraction of sp³-hybridized carbons (Fsp3) is 0.111. The van der Waals surface area contributed by atoms with Crippen LogP contribution in [0.1, 0.15) is 11.3 Å². The Morgan fingerprint density at radius 1 is 1.29 bits per heavy atom. The van der Waals surface area contributed by atoms with E-state index in [1.54, 1.807) is 24.5 Å². The second-order valence-corrected chi connectivity index (χ2v) is 2.75. The van der Waals surface area contributed by atoms with Crippen molar-refractivity contribution in [1.29, 1.82) is 5.26 Å². The fourth-order valence-corrected chi connectivity index (χ4v) is 1.11. The zero-order valence-electron chi connectivity index (χ0n) is 7.55. The Kier molecular flexibility index (Phi) is 1.95. The van der Waals surface area contributed by atoms with E-state index in [9.17, 15) is 0 Å². The number of aromatic nitrogens is 4. The van der Waals surface area contributed by atoms with E-state index >= 15 is 0 Å². The van der Waals surface area contributed by atoms with Crippen LogP contribution in [0.15, 0.2) is 24.5 Å². The van der Waals surface area contributed by atoms with Gasteiger partial charge in [-0.3, -0.25) is 0 Å². The van der Waals surface area contributed by atoms with E-state index in [0.29, 0.717) is 11.4 Å². The maximum absolute atomic E-state index is 8.85. The van der Waals surface area contributed by atoms with Crippen LogP contribution in [-0.4, -0.2) is 20.0 Å². The third kappa shape index (κ3) is 1.33. The van der Waals surface area contributed by atoms with Gasteiger partial charge in [0.15, 0.2) is 5.82 Å². The molecule has 0 spiro atoms. The van der Waals surface area contributed by atoms with Gasteiger partial charge < -0.3 is 0 Å². The molecule has 5 nitrogen and oxygen atoms in total. The fourth-order valence-electron chi connectivity index (χ4n) is 1.11. The summed E-state index contributed by atoms with van der Waals surface area (Å²) in [5, 5.41) is 16.7. The van der Waals surface area contributed by atoms with Crippen molar-refractivity contribution in [3.05, 3.63) is 35.8 Å². The summed E-state index contributed by atoms with van der Waals surface area (Å²) in [4.78, 5) is 5.54. The number of hydrogen-bond acceptors (Lipinski definition) is 4. The molecule has 0 saturated carbocycles. The molecule has 0 aliphatic carbocycles. The van der Waals surface area contributed by atoms with Gasteiger partial charge in [0, 0.05) is 5.69 Å². The molecule has 0 fully saturated rings. The molecule has 0 unspecified atom stereocenters. The van der Waals surface area contributed by atoms with Crippen molar-refractivity contribution in [3.8, 4) is 11.9 Å². The maximum atomic E-state index is 8.85. The Labute approximate surface area is 80.6 Å². The number of hydrogen-bond donors (Lipinski definition) is 0. The molecule has 0 saturated heterocycles. The number of nitriles is 1. The molecule has 0 aliphatic heterocycles. The lowest BCUT2D eigenvalue weighted by Crippen LogP contribution is -2.05. The van der Waals surface area contributed by atoms with Gasteiger partial charge in [0.2, 0.25) is 0 Å². The van der Waals surface area contributed by atoms with Crippen molar-refractivity contribution in [1.82, 2.24) is 20.0 Å². The molecule has 2 aromatic rings. The van der Waals surface area contributed by atoms with E-state index in [1.807, 2.05) is 13.0 Å². The lowest BCUT2D eigenvalue weighted by Gasteiger charge is -2.01. The molecule has 0 bridgehead atoms. The first kappa shape index (κ1) is 8.38. The molecule has 0 radical (unpaired) electrons. The summed E-state index contributed by atoms with van der Waals surface area (Å²) in [6, 6.07) is 5.54. The van der Waals surface area contributed by atoms with Gasteiger partial charge in [0.05, 0.1) is 18.0 Å². The number of nitrogens with zero attached hydrogens (tertiary/aromatic N) is 5. The van der Waals surface area contributed by atoms with Gasteiger partial charge in [-0.1, -0.05) is 0 Å². The smallest absolute Gasteiger partial charge is 0.192 e. The standard InChI is InChI=1S/C9H7N5/c1-7-2-3-8(6-10)9(13-7)14-11-4-5-12-14/h2-5H,1H3. The lowest BCUT2D eigenvalue weighted by atomic mass is 10.2. The predicted octanol–water partition coefficient (Wildman–Crippen LogP) is 0.842. The van der Waals surface area contributed by atoms with Crippen molar-refractivity contribution in [2.45, 2.75) is 6.92 Å². The summed E-state index contributed by atoms with van der Waals surface area (Å²) in [5.41, 5.74) is 1.29. The van der Waals surface area contributed by atoms with Crippen LogP contribution >= 0.6 is 0 Å². The van der Waals surface area contributed by atoms with E-state index < -0.39 is 0 Å². The van der Waals surface area contributed by atoms with Gasteiger partial charge >= 0.3 is 0 Å². The van der Waals surface area contributed by atoms with E-state index in [4.69, 9.17) is 5.26 Å². The third-order valence-electron chi connectivity index (χ3n) is 1.74. The molecule has 2 aromatic heterocycles. The highest BCUT2D eigenvalue weighted by atomic mass is 15.5. The van der Waals surface area contributed by atoms with Gasteiger partial charge in [-0.05, 0) is 19.1 Å². The second-order valence-electron chi connectivity index (χ2n) is 2.75. The van der Waals surface area contributed by atoms with Gasteiger partial charge in [-0.2, -0.15) is 15.5 Å². The minimum atomic E-state index is 0.465. The number of pyridine rings is 1. The first-order valence-corrected chi connectivity index (χ1v) is 4.05. The predicted molar refractivity (Wildman–Crippen MR) is 48.6 cm³/mol. The van der Waals surface area contributed by atoms with E-state index in [-0.39, 0.29) is 0 Å². The highest BCUT2D eigenvalue weighted by Gasteiger charge is 2.06. The van der Waals surface area contributed by atoms with Crippen LogP contribution in [0.4, 0.5) is 0 Å². The summed E-state index contributed by atoms with van der Waals surface area (Å²) in [5.74, 6) is 0.470. The van der Waals surface area contributed by atoms with Crippen LogP contribution in [0.5, 0.6) is 0 Å². The van der Waals surface area contributed by atoms with Gasteiger partial charge in [0.25, 0.3) is 0 Å². The van der Waals surface area contributed by atoms with E-state index in [0.717, 1.165) is 5.69 Å². The molecule has 0 amide bonds. The average Bonchev–Trinajstić information content (AvgIpc) is 2.70. The zero-order valence-corrected chi connectivity index (χ0v) is 7.55. The van der Waals surface area contributed by atoms with Crippen LogP contribution in [-0.2, 0) is 0 Å². The third-order valence-corrected chi connectivity index (χ3v) is 1.74. The van der Waals surface area contributed by atoms with Crippen molar-refractivity contribution < 1.29 is 0 Å². The minimum Gasteiger partial charge on any atom is -0.231 e. The topological polar surface area (TPSA) is 67.4 Å². The molecule has 0 aliphatic rings. The SMILES string of the molecule is Cc1ccc(C#N)c(-n2nccn2)n1. The van der Waals surface area contributed by atoms with Crippen molar-refractivity contribution in [2.24, 2.45) is 0 Å². The largest absolute Gasteiger partial charge is 0.231 e. The van der Waals surface area contributed by atoms with E-state index in [2.05, 4.69) is 15.2 Å². The first-order chi connectivity index (χ1) is 6.81. The normalized spacial score (nSPS) is 9.71. The minimum absolute atomic E-state index is 0.465.